The van der Waals surface area contributed by atoms with Gasteiger partial charge in [-0.1, -0.05) is 70.4 Å². The molecule has 0 N–H and O–H groups in total. The minimum absolute atomic E-state index is 0.709. The van der Waals surface area contributed by atoms with Gasteiger partial charge in [0.05, 0.1) is 5.76 Å². The molecule has 1 aromatic carbocycles. The number of aryl methyl sites for hydroxylation is 1. The van der Waals surface area contributed by atoms with Crippen molar-refractivity contribution < 1.29 is 4.43 Å². The predicted molar refractivity (Wildman–Crippen MR) is 112 cm³/mol. The summed E-state index contributed by atoms with van der Waals surface area (Å²) in [5.41, 5.74) is 1.47. The van der Waals surface area contributed by atoms with E-state index < -0.39 is 8.32 Å². The highest BCUT2D eigenvalue weighted by Crippen LogP contribution is 2.34. The standard InChI is InChI=1S/C23H38OSi/c1-4-17-25(18-5-2,19-6-3)24-23-14-10-13-22(20-23)16-15-21-11-8-7-9-12-21/h7-9,11-12,20,22H,4-6,10,13-19H2,1-3H3. The summed E-state index contributed by atoms with van der Waals surface area (Å²) >= 11 is 0. The second-order valence-corrected chi connectivity index (χ2v) is 11.9. The van der Waals surface area contributed by atoms with Crippen molar-refractivity contribution in [2.75, 3.05) is 0 Å². The van der Waals surface area contributed by atoms with Crippen molar-refractivity contribution in [3.8, 4) is 0 Å². The molecule has 1 aromatic rings. The highest BCUT2D eigenvalue weighted by Gasteiger charge is 2.35. The third kappa shape index (κ3) is 6.66. The first kappa shape index (κ1) is 20.3. The van der Waals surface area contributed by atoms with E-state index in [0.29, 0.717) is 5.92 Å². The van der Waals surface area contributed by atoms with Crippen molar-refractivity contribution in [1.29, 1.82) is 0 Å². The molecule has 0 saturated heterocycles. The van der Waals surface area contributed by atoms with E-state index in [2.05, 4.69) is 57.2 Å². The van der Waals surface area contributed by atoms with Crippen molar-refractivity contribution in [2.24, 2.45) is 5.92 Å². The van der Waals surface area contributed by atoms with E-state index in [-0.39, 0.29) is 0 Å². The summed E-state index contributed by atoms with van der Waals surface area (Å²) in [6.07, 6.45) is 12.6. The van der Waals surface area contributed by atoms with Crippen molar-refractivity contribution >= 4 is 8.32 Å². The average molecular weight is 359 g/mol. The summed E-state index contributed by atoms with van der Waals surface area (Å²) in [7, 11) is -1.57. The largest absolute Gasteiger partial charge is 0.547 e. The fourth-order valence-corrected chi connectivity index (χ4v) is 8.97. The Kier molecular flexibility index (Phi) is 8.81. The van der Waals surface area contributed by atoms with Crippen molar-refractivity contribution in [3.63, 3.8) is 0 Å². The van der Waals surface area contributed by atoms with Crippen LogP contribution in [0.4, 0.5) is 0 Å². The van der Waals surface area contributed by atoms with E-state index in [1.165, 1.54) is 80.8 Å². The lowest BCUT2D eigenvalue weighted by atomic mass is 9.89. The fourth-order valence-electron chi connectivity index (χ4n) is 4.45. The van der Waals surface area contributed by atoms with Gasteiger partial charge in [-0.3, -0.25) is 0 Å². The van der Waals surface area contributed by atoms with E-state index in [9.17, 15) is 0 Å². The first-order valence-electron chi connectivity index (χ1n) is 10.6. The number of rotatable bonds is 11. The van der Waals surface area contributed by atoms with Crippen LogP contribution >= 0.6 is 0 Å². The molecule has 0 saturated carbocycles. The van der Waals surface area contributed by atoms with Gasteiger partial charge in [0.2, 0.25) is 0 Å². The van der Waals surface area contributed by atoms with Crippen molar-refractivity contribution in [2.45, 2.75) is 90.3 Å². The van der Waals surface area contributed by atoms with Crippen LogP contribution < -0.4 is 0 Å². The highest BCUT2D eigenvalue weighted by atomic mass is 28.4. The minimum Gasteiger partial charge on any atom is -0.547 e. The first-order valence-corrected chi connectivity index (χ1v) is 13.2. The lowest BCUT2D eigenvalue weighted by Gasteiger charge is -2.35. The number of hydrogen-bond donors (Lipinski definition) is 0. The maximum atomic E-state index is 6.88. The van der Waals surface area contributed by atoms with Gasteiger partial charge < -0.3 is 4.43 Å². The second kappa shape index (κ2) is 10.9. The van der Waals surface area contributed by atoms with Crippen LogP contribution in [0.25, 0.3) is 0 Å². The lowest BCUT2D eigenvalue weighted by Crippen LogP contribution is -2.37. The Morgan fingerprint density at radius 3 is 2.20 bits per heavy atom. The molecule has 1 aliphatic rings. The van der Waals surface area contributed by atoms with Crippen LogP contribution in [0.15, 0.2) is 42.2 Å². The van der Waals surface area contributed by atoms with E-state index in [1.807, 2.05) is 0 Å². The molecule has 0 radical (unpaired) electrons. The number of allylic oxidation sites excluding steroid dienone is 2. The van der Waals surface area contributed by atoms with Gasteiger partial charge in [0.1, 0.15) is 0 Å². The molecule has 25 heavy (non-hydrogen) atoms. The summed E-state index contributed by atoms with van der Waals surface area (Å²) in [5, 5.41) is 0. The molecule has 0 heterocycles. The molecule has 2 rings (SSSR count). The van der Waals surface area contributed by atoms with Gasteiger partial charge in [0.15, 0.2) is 0 Å². The summed E-state index contributed by atoms with van der Waals surface area (Å²) in [4.78, 5) is 0. The SMILES string of the molecule is CCC[Si](CCC)(CCC)OC1=CC(CCc2ccccc2)CCC1. The first-order chi connectivity index (χ1) is 12.2. The van der Waals surface area contributed by atoms with Crippen LogP contribution in [-0.4, -0.2) is 8.32 Å². The molecule has 1 nitrogen and oxygen atoms in total. The summed E-state index contributed by atoms with van der Waals surface area (Å²) in [6.45, 7) is 6.98. The van der Waals surface area contributed by atoms with E-state index >= 15 is 0 Å². The van der Waals surface area contributed by atoms with Crippen molar-refractivity contribution in [3.05, 3.63) is 47.7 Å². The van der Waals surface area contributed by atoms with Crippen LogP contribution in [0.3, 0.4) is 0 Å². The summed E-state index contributed by atoms with van der Waals surface area (Å²) in [6, 6.07) is 14.9. The average Bonchev–Trinajstić information content (AvgIpc) is 2.62. The maximum absolute atomic E-state index is 6.88. The van der Waals surface area contributed by atoms with Gasteiger partial charge in [-0.25, -0.2) is 0 Å². The molecule has 0 amide bonds. The molecule has 0 bridgehead atoms. The zero-order valence-corrected chi connectivity index (χ0v) is 17.7. The number of benzene rings is 1. The Morgan fingerprint density at radius 1 is 0.960 bits per heavy atom. The highest BCUT2D eigenvalue weighted by molar-refractivity contribution is 6.74. The summed E-state index contributed by atoms with van der Waals surface area (Å²) in [5.74, 6) is 2.06. The van der Waals surface area contributed by atoms with Crippen LogP contribution in [0, 0.1) is 5.92 Å². The van der Waals surface area contributed by atoms with E-state index in [0.717, 1.165) is 0 Å². The van der Waals surface area contributed by atoms with E-state index in [1.54, 1.807) is 0 Å². The zero-order valence-electron chi connectivity index (χ0n) is 16.7. The smallest absolute Gasteiger partial charge is 0.250 e. The zero-order chi connectivity index (χ0) is 18.0. The Balaban J connectivity index is 1.99. The van der Waals surface area contributed by atoms with Crippen LogP contribution in [0.5, 0.6) is 0 Å². The second-order valence-electron chi connectivity index (χ2n) is 7.84. The number of hydrogen-bond acceptors (Lipinski definition) is 1. The topological polar surface area (TPSA) is 9.23 Å². The normalized spacial score (nSPS) is 18.0. The lowest BCUT2D eigenvalue weighted by molar-refractivity contribution is 0.338. The molecule has 0 spiro atoms. The minimum atomic E-state index is -1.57. The van der Waals surface area contributed by atoms with E-state index in [4.69, 9.17) is 4.43 Å². The molecule has 1 unspecified atom stereocenters. The Bertz CT molecular complexity index is 491. The van der Waals surface area contributed by atoms with Gasteiger partial charge in [-0.2, -0.15) is 0 Å². The Morgan fingerprint density at radius 2 is 1.60 bits per heavy atom. The molecule has 0 fully saturated rings. The van der Waals surface area contributed by atoms with Gasteiger partial charge in [-0.15, -0.1) is 0 Å². The van der Waals surface area contributed by atoms with Gasteiger partial charge in [0, 0.05) is 6.42 Å². The quantitative estimate of drug-likeness (QED) is 0.372. The third-order valence-corrected chi connectivity index (χ3v) is 10.5. The van der Waals surface area contributed by atoms with Crippen molar-refractivity contribution in [1.82, 2.24) is 0 Å². The molecule has 140 valence electrons. The Hall–Kier alpha value is -1.02. The molecule has 2 heteroatoms. The molecule has 1 atom stereocenters. The van der Waals surface area contributed by atoms with Gasteiger partial charge in [0.25, 0.3) is 8.32 Å². The third-order valence-electron chi connectivity index (χ3n) is 5.53. The van der Waals surface area contributed by atoms with Crippen LogP contribution in [0.2, 0.25) is 18.1 Å². The van der Waals surface area contributed by atoms with Crippen LogP contribution in [-0.2, 0) is 10.8 Å². The molecular weight excluding hydrogens is 320 g/mol. The van der Waals surface area contributed by atoms with Gasteiger partial charge in [-0.05, 0) is 61.4 Å². The molecule has 0 aliphatic heterocycles. The molecule has 1 aliphatic carbocycles. The molecule has 0 aromatic heterocycles. The monoisotopic (exact) mass is 358 g/mol. The maximum Gasteiger partial charge on any atom is 0.250 e. The van der Waals surface area contributed by atoms with Crippen LogP contribution in [0.1, 0.15) is 71.3 Å². The molecular formula is C23H38OSi. The predicted octanol–water partition coefficient (Wildman–Crippen LogP) is 7.50. The fraction of sp³-hybridized carbons (Fsp3) is 0.652. The van der Waals surface area contributed by atoms with Gasteiger partial charge >= 0.3 is 0 Å². The Labute approximate surface area is 157 Å². The summed E-state index contributed by atoms with van der Waals surface area (Å²) < 4.78 is 6.88.